The summed E-state index contributed by atoms with van der Waals surface area (Å²) in [6.07, 6.45) is 2.93. The fraction of sp³-hybridized carbons (Fsp3) is 0.100. The number of nitrogens with one attached hydrogen (secondary N) is 1. The molecule has 0 saturated carbocycles. The monoisotopic (exact) mass is 396 g/mol. The highest BCUT2D eigenvalue weighted by Gasteiger charge is 2.18. The maximum absolute atomic E-state index is 13.7. The number of benzene rings is 1. The van der Waals surface area contributed by atoms with Crippen LogP contribution in [0, 0.1) is 18.6 Å². The molecule has 4 aromatic rings. The molecule has 0 saturated heterocycles. The standard InChI is InChI=1S/C20H14F2N4O3/c1-10-12(9-24-18-17(10)29-20(28)26(18)2)15-7-6-11(8-23-15)25-19(27)16-13(21)4-3-5-14(16)22/h3-9H,1-2H3,(H,25,27). The summed E-state index contributed by atoms with van der Waals surface area (Å²) in [6, 6.07) is 6.36. The van der Waals surface area contributed by atoms with E-state index in [-0.39, 0.29) is 5.69 Å². The fourth-order valence-corrected chi connectivity index (χ4v) is 2.97. The molecule has 1 aromatic carbocycles. The Labute approximate surface area is 162 Å². The Hall–Kier alpha value is -3.88. The number of hydrogen-bond donors (Lipinski definition) is 1. The maximum Gasteiger partial charge on any atom is 0.420 e. The van der Waals surface area contributed by atoms with E-state index in [2.05, 4.69) is 15.3 Å². The molecule has 0 spiro atoms. The third-order valence-electron chi connectivity index (χ3n) is 4.53. The Morgan fingerprint density at radius 2 is 1.83 bits per heavy atom. The Kier molecular flexibility index (Phi) is 4.42. The van der Waals surface area contributed by atoms with Crippen LogP contribution in [0.1, 0.15) is 15.9 Å². The van der Waals surface area contributed by atoms with Crippen LogP contribution in [-0.4, -0.2) is 20.4 Å². The average molecular weight is 396 g/mol. The van der Waals surface area contributed by atoms with Crippen molar-refractivity contribution >= 4 is 22.8 Å². The van der Waals surface area contributed by atoms with E-state index < -0.39 is 28.9 Å². The van der Waals surface area contributed by atoms with Crippen LogP contribution in [0.15, 0.2) is 51.9 Å². The summed E-state index contributed by atoms with van der Waals surface area (Å²) in [7, 11) is 1.56. The fourth-order valence-electron chi connectivity index (χ4n) is 2.97. The molecule has 0 radical (unpaired) electrons. The number of carbonyl (C=O) groups excluding carboxylic acids is 1. The van der Waals surface area contributed by atoms with Gasteiger partial charge in [0.15, 0.2) is 11.2 Å². The normalized spacial score (nSPS) is 11.0. The first kappa shape index (κ1) is 18.5. The number of anilines is 1. The number of hydrogen-bond acceptors (Lipinski definition) is 5. The summed E-state index contributed by atoms with van der Waals surface area (Å²) in [5.41, 5.74) is 2.24. The molecule has 3 aromatic heterocycles. The highest BCUT2D eigenvalue weighted by atomic mass is 19.1. The number of carbonyl (C=O) groups is 1. The van der Waals surface area contributed by atoms with Crippen LogP contribution in [0.2, 0.25) is 0 Å². The van der Waals surface area contributed by atoms with Gasteiger partial charge in [-0.3, -0.25) is 14.3 Å². The molecule has 29 heavy (non-hydrogen) atoms. The highest BCUT2D eigenvalue weighted by molar-refractivity contribution is 6.04. The Balaban J connectivity index is 1.63. The lowest BCUT2D eigenvalue weighted by atomic mass is 10.1. The molecule has 0 aliphatic rings. The molecule has 0 unspecified atom stereocenters. The third-order valence-corrected chi connectivity index (χ3v) is 4.53. The van der Waals surface area contributed by atoms with Gasteiger partial charge in [-0.15, -0.1) is 0 Å². The molecule has 4 rings (SSSR count). The Morgan fingerprint density at radius 3 is 2.48 bits per heavy atom. The smallest absolute Gasteiger partial charge is 0.406 e. The number of nitrogens with zero attached hydrogens (tertiary/aromatic N) is 3. The van der Waals surface area contributed by atoms with Gasteiger partial charge < -0.3 is 9.73 Å². The predicted octanol–water partition coefficient (Wildman–Crippen LogP) is 3.43. The summed E-state index contributed by atoms with van der Waals surface area (Å²) in [5.74, 6) is -3.34. The molecular formula is C20H14F2N4O3. The van der Waals surface area contributed by atoms with E-state index in [0.717, 1.165) is 12.1 Å². The second-order valence-corrected chi connectivity index (χ2v) is 6.36. The van der Waals surface area contributed by atoms with E-state index in [1.807, 2.05) is 0 Å². The third kappa shape index (κ3) is 3.16. The molecule has 0 fully saturated rings. The Morgan fingerprint density at radius 1 is 1.10 bits per heavy atom. The quantitative estimate of drug-likeness (QED) is 0.573. The van der Waals surface area contributed by atoms with Crippen LogP contribution in [0.4, 0.5) is 14.5 Å². The number of amides is 1. The summed E-state index contributed by atoms with van der Waals surface area (Å²) in [6.45, 7) is 1.78. The van der Waals surface area contributed by atoms with E-state index in [1.165, 1.54) is 16.8 Å². The zero-order chi connectivity index (χ0) is 20.7. The maximum atomic E-state index is 13.7. The van der Waals surface area contributed by atoms with Crippen LogP contribution >= 0.6 is 0 Å². The second kappa shape index (κ2) is 6.93. The van der Waals surface area contributed by atoms with E-state index in [0.29, 0.717) is 28.1 Å². The van der Waals surface area contributed by atoms with Gasteiger partial charge in [0.2, 0.25) is 0 Å². The molecule has 0 aliphatic carbocycles. The molecule has 3 heterocycles. The van der Waals surface area contributed by atoms with Gasteiger partial charge in [-0.1, -0.05) is 6.07 Å². The van der Waals surface area contributed by atoms with Crippen molar-refractivity contribution < 1.29 is 18.0 Å². The van der Waals surface area contributed by atoms with Crippen molar-refractivity contribution in [3.63, 3.8) is 0 Å². The molecule has 0 bridgehead atoms. The van der Waals surface area contributed by atoms with Gasteiger partial charge >= 0.3 is 5.76 Å². The number of fused-ring (bicyclic) bond motifs is 1. The molecule has 9 heteroatoms. The first-order valence-corrected chi connectivity index (χ1v) is 8.53. The number of rotatable bonds is 3. The molecule has 7 nitrogen and oxygen atoms in total. The van der Waals surface area contributed by atoms with Crippen molar-refractivity contribution in [2.24, 2.45) is 7.05 Å². The van der Waals surface area contributed by atoms with Gasteiger partial charge in [0.25, 0.3) is 5.91 Å². The lowest BCUT2D eigenvalue weighted by Gasteiger charge is -2.09. The van der Waals surface area contributed by atoms with Crippen LogP contribution in [-0.2, 0) is 7.05 Å². The largest absolute Gasteiger partial charge is 0.420 e. The summed E-state index contributed by atoms with van der Waals surface area (Å²) in [4.78, 5) is 32.4. The number of aromatic nitrogens is 3. The van der Waals surface area contributed by atoms with Crippen molar-refractivity contribution in [3.05, 3.63) is 76.0 Å². The molecule has 1 amide bonds. The van der Waals surface area contributed by atoms with Gasteiger partial charge in [-0.25, -0.2) is 18.6 Å². The van der Waals surface area contributed by atoms with Gasteiger partial charge in [0.1, 0.15) is 17.2 Å². The molecule has 1 N–H and O–H groups in total. The van der Waals surface area contributed by atoms with Gasteiger partial charge in [0, 0.05) is 24.4 Å². The average Bonchev–Trinajstić information content (AvgIpc) is 2.98. The van der Waals surface area contributed by atoms with Crippen LogP contribution in [0.5, 0.6) is 0 Å². The van der Waals surface area contributed by atoms with Gasteiger partial charge in [0.05, 0.1) is 17.6 Å². The predicted molar refractivity (Wildman–Crippen MR) is 102 cm³/mol. The topological polar surface area (TPSA) is 90.0 Å². The number of halogens is 2. The minimum absolute atomic E-state index is 0.263. The van der Waals surface area contributed by atoms with Gasteiger partial charge in [-0.05, 0) is 31.2 Å². The van der Waals surface area contributed by atoms with E-state index in [1.54, 1.807) is 32.3 Å². The zero-order valence-corrected chi connectivity index (χ0v) is 15.4. The van der Waals surface area contributed by atoms with Crippen molar-refractivity contribution in [1.29, 1.82) is 0 Å². The number of aryl methyl sites for hydroxylation is 2. The van der Waals surface area contributed by atoms with Crippen molar-refractivity contribution in [2.75, 3.05) is 5.32 Å². The van der Waals surface area contributed by atoms with Crippen LogP contribution < -0.4 is 11.1 Å². The van der Waals surface area contributed by atoms with Gasteiger partial charge in [-0.2, -0.15) is 0 Å². The van der Waals surface area contributed by atoms with Crippen LogP contribution in [0.25, 0.3) is 22.5 Å². The SMILES string of the molecule is Cc1c(-c2ccc(NC(=O)c3c(F)cccc3F)cn2)cnc2c1oc(=O)n2C. The first-order chi connectivity index (χ1) is 13.9. The molecule has 0 atom stereocenters. The lowest BCUT2D eigenvalue weighted by Crippen LogP contribution is -2.15. The minimum atomic E-state index is -0.952. The second-order valence-electron chi connectivity index (χ2n) is 6.36. The highest BCUT2D eigenvalue weighted by Crippen LogP contribution is 2.27. The van der Waals surface area contributed by atoms with Crippen molar-refractivity contribution in [1.82, 2.24) is 14.5 Å². The van der Waals surface area contributed by atoms with Crippen molar-refractivity contribution in [2.45, 2.75) is 6.92 Å². The van der Waals surface area contributed by atoms with E-state index in [9.17, 15) is 18.4 Å². The van der Waals surface area contributed by atoms with E-state index in [4.69, 9.17) is 4.42 Å². The number of oxazole rings is 1. The molecular weight excluding hydrogens is 382 g/mol. The summed E-state index contributed by atoms with van der Waals surface area (Å²) < 4.78 is 34.0. The molecule has 146 valence electrons. The first-order valence-electron chi connectivity index (χ1n) is 8.53. The summed E-state index contributed by atoms with van der Waals surface area (Å²) >= 11 is 0. The Bertz CT molecular complexity index is 1290. The lowest BCUT2D eigenvalue weighted by molar-refractivity contribution is 0.101. The zero-order valence-electron chi connectivity index (χ0n) is 15.4. The minimum Gasteiger partial charge on any atom is -0.406 e. The molecule has 0 aliphatic heterocycles. The van der Waals surface area contributed by atoms with Crippen molar-refractivity contribution in [3.8, 4) is 11.3 Å². The number of pyridine rings is 2. The van der Waals surface area contributed by atoms with Crippen LogP contribution in [0.3, 0.4) is 0 Å². The summed E-state index contributed by atoms with van der Waals surface area (Å²) in [5, 5.41) is 2.41. The van der Waals surface area contributed by atoms with E-state index >= 15 is 0 Å².